The van der Waals surface area contributed by atoms with Crippen molar-refractivity contribution in [3.8, 4) is 0 Å². The first-order chi connectivity index (χ1) is 8.42. The number of rotatable bonds is 7. The lowest BCUT2D eigenvalue weighted by Gasteiger charge is -2.03. The highest BCUT2D eigenvalue weighted by Crippen LogP contribution is 2.14. The first-order valence-corrected chi connectivity index (χ1v) is 6.82. The van der Waals surface area contributed by atoms with Crippen LogP contribution >= 0.6 is 0 Å². The van der Waals surface area contributed by atoms with E-state index in [1.54, 1.807) is 6.92 Å². The molecule has 0 spiro atoms. The summed E-state index contributed by atoms with van der Waals surface area (Å²) in [5, 5.41) is 8.93. The van der Waals surface area contributed by atoms with Crippen LogP contribution in [0, 0.1) is 0 Å². The summed E-state index contributed by atoms with van der Waals surface area (Å²) in [5.74, 6) is -1.16. The van der Waals surface area contributed by atoms with Gasteiger partial charge in [0, 0.05) is 26.4 Å². The molecule has 0 saturated heterocycles. The molecule has 0 aromatic carbocycles. The Labute approximate surface area is 105 Å². The molecule has 0 amide bonds. The number of carboxylic acid groups (broad SMARTS) is 1. The second kappa shape index (κ2) is 5.98. The van der Waals surface area contributed by atoms with Crippen molar-refractivity contribution in [3.05, 3.63) is 18.0 Å². The van der Waals surface area contributed by atoms with E-state index in [4.69, 9.17) is 9.84 Å². The Morgan fingerprint density at radius 1 is 1.56 bits per heavy atom. The van der Waals surface area contributed by atoms with E-state index in [1.165, 1.54) is 17.9 Å². The SMILES string of the molecule is CCn1cc(S(=O)(=O)NCCOC)cc1C(=O)O. The minimum atomic E-state index is -3.69. The van der Waals surface area contributed by atoms with Crippen molar-refractivity contribution in [1.29, 1.82) is 0 Å². The van der Waals surface area contributed by atoms with Gasteiger partial charge in [-0.2, -0.15) is 0 Å². The fourth-order valence-electron chi connectivity index (χ4n) is 1.43. The van der Waals surface area contributed by atoms with E-state index in [0.29, 0.717) is 6.54 Å². The van der Waals surface area contributed by atoms with E-state index in [1.807, 2.05) is 0 Å². The van der Waals surface area contributed by atoms with Crippen LogP contribution < -0.4 is 4.72 Å². The third-order valence-electron chi connectivity index (χ3n) is 2.34. The third kappa shape index (κ3) is 3.31. The van der Waals surface area contributed by atoms with Gasteiger partial charge >= 0.3 is 5.97 Å². The number of aromatic nitrogens is 1. The maximum Gasteiger partial charge on any atom is 0.352 e. The number of aryl methyl sites for hydroxylation is 1. The van der Waals surface area contributed by atoms with Gasteiger partial charge in [-0.3, -0.25) is 0 Å². The normalized spacial score (nSPS) is 11.7. The summed E-state index contributed by atoms with van der Waals surface area (Å²) in [6.45, 7) is 2.51. The molecule has 18 heavy (non-hydrogen) atoms. The van der Waals surface area contributed by atoms with Gasteiger partial charge in [0.15, 0.2) is 0 Å². The Hall–Kier alpha value is -1.38. The van der Waals surface area contributed by atoms with Crippen molar-refractivity contribution in [2.24, 2.45) is 0 Å². The van der Waals surface area contributed by atoms with Crippen LogP contribution in [0.15, 0.2) is 17.2 Å². The zero-order valence-corrected chi connectivity index (χ0v) is 11.0. The Morgan fingerprint density at radius 2 is 2.22 bits per heavy atom. The molecule has 1 heterocycles. The molecule has 8 heteroatoms. The first kappa shape index (κ1) is 14.7. The van der Waals surface area contributed by atoms with Gasteiger partial charge in [0.2, 0.25) is 10.0 Å². The van der Waals surface area contributed by atoms with Crippen molar-refractivity contribution in [2.75, 3.05) is 20.3 Å². The van der Waals surface area contributed by atoms with E-state index < -0.39 is 16.0 Å². The minimum absolute atomic E-state index is 0.0513. The predicted molar refractivity (Wildman–Crippen MR) is 64.1 cm³/mol. The highest BCUT2D eigenvalue weighted by atomic mass is 32.2. The van der Waals surface area contributed by atoms with Crippen LogP contribution in [0.25, 0.3) is 0 Å². The molecule has 1 aromatic heterocycles. The van der Waals surface area contributed by atoms with Gasteiger partial charge in [0.1, 0.15) is 10.6 Å². The van der Waals surface area contributed by atoms with Crippen molar-refractivity contribution < 1.29 is 23.1 Å². The van der Waals surface area contributed by atoms with Crippen molar-refractivity contribution >= 4 is 16.0 Å². The fourth-order valence-corrected chi connectivity index (χ4v) is 2.48. The quantitative estimate of drug-likeness (QED) is 0.690. The first-order valence-electron chi connectivity index (χ1n) is 5.34. The number of sulfonamides is 1. The van der Waals surface area contributed by atoms with Crippen LogP contribution in [-0.4, -0.2) is 44.3 Å². The number of aromatic carboxylic acids is 1. The Bertz CT molecular complexity index is 520. The maximum absolute atomic E-state index is 11.8. The molecule has 7 nitrogen and oxygen atoms in total. The van der Waals surface area contributed by atoms with Crippen LogP contribution in [0.1, 0.15) is 17.4 Å². The monoisotopic (exact) mass is 276 g/mol. The number of methoxy groups -OCH3 is 1. The van der Waals surface area contributed by atoms with Crippen LogP contribution in [0.4, 0.5) is 0 Å². The standard InChI is InChI=1S/C10H16N2O5S/c1-3-12-7-8(6-9(12)10(13)14)18(15,16)11-4-5-17-2/h6-7,11H,3-5H2,1-2H3,(H,13,14). The maximum atomic E-state index is 11.8. The lowest BCUT2D eigenvalue weighted by molar-refractivity contribution is 0.0685. The average molecular weight is 276 g/mol. The van der Waals surface area contributed by atoms with E-state index in [9.17, 15) is 13.2 Å². The van der Waals surface area contributed by atoms with Gasteiger partial charge in [0.25, 0.3) is 0 Å². The fraction of sp³-hybridized carbons (Fsp3) is 0.500. The summed E-state index contributed by atoms with van der Waals surface area (Å²) in [7, 11) is -2.23. The largest absolute Gasteiger partial charge is 0.477 e. The molecule has 0 fully saturated rings. The molecule has 2 N–H and O–H groups in total. The molecular weight excluding hydrogens is 260 g/mol. The molecule has 0 unspecified atom stereocenters. The topological polar surface area (TPSA) is 97.6 Å². The van der Waals surface area contributed by atoms with Crippen molar-refractivity contribution in [3.63, 3.8) is 0 Å². The Balaban J connectivity index is 2.99. The molecule has 0 aliphatic rings. The lowest BCUT2D eigenvalue weighted by Crippen LogP contribution is -2.26. The number of hydrogen-bond donors (Lipinski definition) is 2. The average Bonchev–Trinajstić information content (AvgIpc) is 2.74. The predicted octanol–water partition coefficient (Wildman–Crippen LogP) is 0.131. The van der Waals surface area contributed by atoms with Gasteiger partial charge in [0.05, 0.1) is 6.61 Å². The van der Waals surface area contributed by atoms with Crippen molar-refractivity contribution in [1.82, 2.24) is 9.29 Å². The van der Waals surface area contributed by atoms with Gasteiger partial charge in [-0.15, -0.1) is 0 Å². The number of ether oxygens (including phenoxy) is 1. The summed E-state index contributed by atoms with van der Waals surface area (Å²) >= 11 is 0. The van der Waals surface area contributed by atoms with Crippen molar-refractivity contribution in [2.45, 2.75) is 18.4 Å². The summed E-state index contributed by atoms with van der Waals surface area (Å²) in [4.78, 5) is 10.9. The summed E-state index contributed by atoms with van der Waals surface area (Å²) in [6.07, 6.45) is 1.30. The van der Waals surface area contributed by atoms with Gasteiger partial charge in [-0.1, -0.05) is 0 Å². The molecule has 0 saturated carbocycles. The second-order valence-electron chi connectivity index (χ2n) is 3.54. The number of nitrogens with one attached hydrogen (secondary N) is 1. The Morgan fingerprint density at radius 3 is 2.67 bits per heavy atom. The highest BCUT2D eigenvalue weighted by molar-refractivity contribution is 7.89. The number of hydrogen-bond acceptors (Lipinski definition) is 4. The second-order valence-corrected chi connectivity index (χ2v) is 5.31. The molecule has 1 aromatic rings. The summed E-state index contributed by atoms with van der Waals surface area (Å²) in [6, 6.07) is 1.14. The molecule has 0 bridgehead atoms. The zero-order chi connectivity index (χ0) is 13.8. The number of carboxylic acids is 1. The molecule has 0 aliphatic carbocycles. The van der Waals surface area contributed by atoms with Crippen LogP contribution in [-0.2, 0) is 21.3 Å². The minimum Gasteiger partial charge on any atom is -0.477 e. The zero-order valence-electron chi connectivity index (χ0n) is 10.2. The molecule has 0 aliphatic heterocycles. The smallest absolute Gasteiger partial charge is 0.352 e. The summed E-state index contributed by atoms with van der Waals surface area (Å²) in [5.41, 5.74) is -0.0513. The van der Waals surface area contributed by atoms with E-state index in [2.05, 4.69) is 4.72 Å². The van der Waals surface area contributed by atoms with Crippen LogP contribution in [0.5, 0.6) is 0 Å². The Kier molecular flexibility index (Phi) is 4.88. The third-order valence-corrected chi connectivity index (χ3v) is 3.77. The van der Waals surface area contributed by atoms with Gasteiger partial charge < -0.3 is 14.4 Å². The van der Waals surface area contributed by atoms with Gasteiger partial charge in [-0.05, 0) is 13.0 Å². The molecule has 1 rings (SSSR count). The molecule has 102 valence electrons. The van der Waals surface area contributed by atoms with E-state index in [0.717, 1.165) is 6.07 Å². The highest BCUT2D eigenvalue weighted by Gasteiger charge is 2.20. The summed E-state index contributed by atoms with van der Waals surface area (Å²) < 4.78 is 32.1. The van der Waals surface area contributed by atoms with Crippen LogP contribution in [0.3, 0.4) is 0 Å². The van der Waals surface area contributed by atoms with Crippen LogP contribution in [0.2, 0.25) is 0 Å². The van der Waals surface area contributed by atoms with Gasteiger partial charge in [-0.25, -0.2) is 17.9 Å². The lowest BCUT2D eigenvalue weighted by atomic mass is 10.4. The number of nitrogens with zero attached hydrogens (tertiary/aromatic N) is 1. The molecule has 0 radical (unpaired) electrons. The van der Waals surface area contributed by atoms with E-state index >= 15 is 0 Å². The molecular formula is C10H16N2O5S. The molecule has 0 atom stereocenters. The number of carbonyl (C=O) groups is 1. The van der Waals surface area contributed by atoms with E-state index in [-0.39, 0.29) is 23.7 Å².